The first kappa shape index (κ1) is 12.2. The minimum atomic E-state index is -0.672. The molecule has 2 aliphatic carbocycles. The van der Waals surface area contributed by atoms with Crippen LogP contribution in [0.2, 0.25) is 0 Å². The van der Waals surface area contributed by atoms with Crippen LogP contribution in [0.3, 0.4) is 0 Å². The van der Waals surface area contributed by atoms with Gasteiger partial charge in [0.05, 0.1) is 17.1 Å². The molecule has 3 rings (SSSR count). The molecule has 1 heterocycles. The van der Waals surface area contributed by atoms with Crippen molar-refractivity contribution in [1.29, 1.82) is 0 Å². The molecule has 0 aromatic heterocycles. The van der Waals surface area contributed by atoms with Gasteiger partial charge in [0.25, 0.3) is 0 Å². The third kappa shape index (κ3) is 1.57. The topological polar surface area (TPSA) is 55.8 Å². The molecule has 0 radical (unpaired) electrons. The number of hydrogen-bond acceptors (Lipinski definition) is 3. The second-order valence-electron chi connectivity index (χ2n) is 6.64. The highest BCUT2D eigenvalue weighted by molar-refractivity contribution is 6.54. The van der Waals surface area contributed by atoms with Gasteiger partial charge in [-0.2, -0.15) is 0 Å². The first-order valence-electron chi connectivity index (χ1n) is 6.52. The fraction of sp³-hybridized carbons (Fsp3) is 0.769. The van der Waals surface area contributed by atoms with Gasteiger partial charge < -0.3 is 14.4 Å². The molecule has 2 fully saturated rings. The molecular formula is C13H19BO4. The number of carbonyl (C=O) groups is 1. The van der Waals surface area contributed by atoms with Crippen LogP contribution < -0.4 is 0 Å². The van der Waals surface area contributed by atoms with Crippen molar-refractivity contribution in [3.05, 3.63) is 11.5 Å². The van der Waals surface area contributed by atoms with E-state index in [1.807, 2.05) is 27.7 Å². The molecule has 18 heavy (non-hydrogen) atoms. The predicted molar refractivity (Wildman–Crippen MR) is 66.9 cm³/mol. The van der Waals surface area contributed by atoms with E-state index in [0.717, 1.165) is 11.9 Å². The van der Waals surface area contributed by atoms with E-state index in [-0.39, 0.29) is 36.1 Å². The number of carboxylic acids is 1. The molecule has 3 atom stereocenters. The summed E-state index contributed by atoms with van der Waals surface area (Å²) in [5, 5.41) is 8.99. The van der Waals surface area contributed by atoms with Crippen molar-refractivity contribution in [3.63, 3.8) is 0 Å². The fourth-order valence-electron chi connectivity index (χ4n) is 3.00. The molecule has 1 saturated heterocycles. The Kier molecular flexibility index (Phi) is 2.31. The summed E-state index contributed by atoms with van der Waals surface area (Å²) in [4.78, 5) is 10.9. The van der Waals surface area contributed by atoms with Gasteiger partial charge in [-0.15, -0.1) is 0 Å². The van der Waals surface area contributed by atoms with Crippen molar-refractivity contribution in [2.24, 2.45) is 17.8 Å². The molecule has 1 saturated carbocycles. The zero-order valence-electron chi connectivity index (χ0n) is 11.3. The molecule has 0 bridgehead atoms. The maximum absolute atomic E-state index is 10.9. The van der Waals surface area contributed by atoms with Crippen LogP contribution in [0.1, 0.15) is 34.1 Å². The summed E-state index contributed by atoms with van der Waals surface area (Å²) >= 11 is 0. The van der Waals surface area contributed by atoms with Gasteiger partial charge in [0, 0.05) is 0 Å². The maximum Gasteiger partial charge on any atom is 0.490 e. The number of fused-ring (bicyclic) bond motifs is 1. The number of hydrogen-bond donors (Lipinski definition) is 1. The summed E-state index contributed by atoms with van der Waals surface area (Å²) in [7, 11) is -0.294. The van der Waals surface area contributed by atoms with E-state index in [1.54, 1.807) is 0 Å². The normalized spacial score (nSPS) is 39.4. The van der Waals surface area contributed by atoms with Crippen LogP contribution in [0.15, 0.2) is 11.5 Å². The van der Waals surface area contributed by atoms with Crippen LogP contribution in [0.25, 0.3) is 0 Å². The molecule has 3 aliphatic rings. The van der Waals surface area contributed by atoms with Gasteiger partial charge >= 0.3 is 13.1 Å². The Balaban J connectivity index is 1.72. The van der Waals surface area contributed by atoms with Gasteiger partial charge in [-0.25, -0.2) is 0 Å². The van der Waals surface area contributed by atoms with Crippen LogP contribution in [0.5, 0.6) is 0 Å². The van der Waals surface area contributed by atoms with Gasteiger partial charge in [-0.1, -0.05) is 6.08 Å². The van der Waals surface area contributed by atoms with Crippen LogP contribution in [0, 0.1) is 17.8 Å². The zero-order valence-corrected chi connectivity index (χ0v) is 11.3. The fourth-order valence-corrected chi connectivity index (χ4v) is 3.00. The van der Waals surface area contributed by atoms with E-state index in [1.165, 1.54) is 0 Å². The Morgan fingerprint density at radius 2 is 1.89 bits per heavy atom. The number of allylic oxidation sites excluding steroid dienone is 2. The van der Waals surface area contributed by atoms with Gasteiger partial charge in [0.2, 0.25) is 0 Å². The van der Waals surface area contributed by atoms with E-state index < -0.39 is 5.97 Å². The average molecular weight is 250 g/mol. The molecule has 5 heteroatoms. The van der Waals surface area contributed by atoms with Crippen molar-refractivity contribution < 1.29 is 19.2 Å². The highest BCUT2D eigenvalue weighted by Gasteiger charge is 2.61. The molecule has 4 nitrogen and oxygen atoms in total. The first-order chi connectivity index (χ1) is 8.23. The Morgan fingerprint density at radius 1 is 1.33 bits per heavy atom. The summed E-state index contributed by atoms with van der Waals surface area (Å²) in [5.41, 5.74) is 0.482. The SMILES string of the molecule is CC1(C)OB(C2=C[C@@H]3[C@H](C2)[C@H]3C(=O)O)OC1(C)C. The Hall–Kier alpha value is -0.805. The van der Waals surface area contributed by atoms with E-state index >= 15 is 0 Å². The molecule has 98 valence electrons. The summed E-state index contributed by atoms with van der Waals surface area (Å²) in [5.74, 6) is -0.363. The molecule has 0 unspecified atom stereocenters. The zero-order chi connectivity index (χ0) is 13.3. The van der Waals surface area contributed by atoms with Gasteiger partial charge in [-0.05, 0) is 51.4 Å². The highest BCUT2D eigenvalue weighted by Crippen LogP contribution is 2.57. The smallest absolute Gasteiger partial charge is 0.481 e. The maximum atomic E-state index is 10.9. The lowest BCUT2D eigenvalue weighted by molar-refractivity contribution is -0.139. The summed E-state index contributed by atoms with van der Waals surface area (Å²) < 4.78 is 11.9. The molecule has 0 aromatic carbocycles. The van der Waals surface area contributed by atoms with Crippen molar-refractivity contribution in [2.75, 3.05) is 0 Å². The Labute approximate surface area is 107 Å². The molecule has 0 aromatic rings. The summed E-state index contributed by atoms with van der Waals surface area (Å²) in [6.07, 6.45) is 2.87. The van der Waals surface area contributed by atoms with E-state index in [2.05, 4.69) is 6.08 Å². The second-order valence-corrected chi connectivity index (χ2v) is 6.64. The minimum Gasteiger partial charge on any atom is -0.481 e. The number of aliphatic carboxylic acids is 1. The third-order valence-corrected chi connectivity index (χ3v) is 4.95. The second kappa shape index (κ2) is 3.39. The van der Waals surface area contributed by atoms with Crippen LogP contribution in [-0.2, 0) is 14.1 Å². The monoisotopic (exact) mass is 250 g/mol. The highest BCUT2D eigenvalue weighted by atomic mass is 16.7. The van der Waals surface area contributed by atoms with Crippen molar-refractivity contribution in [1.82, 2.24) is 0 Å². The number of rotatable bonds is 2. The van der Waals surface area contributed by atoms with Crippen LogP contribution >= 0.6 is 0 Å². The first-order valence-corrected chi connectivity index (χ1v) is 6.52. The van der Waals surface area contributed by atoms with E-state index in [9.17, 15) is 4.79 Å². The van der Waals surface area contributed by atoms with Crippen LogP contribution in [0.4, 0.5) is 0 Å². The van der Waals surface area contributed by atoms with Crippen molar-refractivity contribution >= 4 is 13.1 Å². The molecule has 1 N–H and O–H groups in total. The van der Waals surface area contributed by atoms with Crippen molar-refractivity contribution in [2.45, 2.75) is 45.3 Å². The van der Waals surface area contributed by atoms with Gasteiger partial charge in [0.15, 0.2) is 0 Å². The third-order valence-electron chi connectivity index (χ3n) is 4.95. The molecular weight excluding hydrogens is 231 g/mol. The van der Waals surface area contributed by atoms with Gasteiger partial charge in [0.1, 0.15) is 0 Å². The quantitative estimate of drug-likeness (QED) is 0.760. The lowest BCUT2D eigenvalue weighted by Crippen LogP contribution is -2.41. The van der Waals surface area contributed by atoms with Crippen LogP contribution in [-0.4, -0.2) is 29.4 Å². The number of carboxylic acid groups (broad SMARTS) is 1. The minimum absolute atomic E-state index is 0.170. The summed E-state index contributed by atoms with van der Waals surface area (Å²) in [6, 6.07) is 0. The molecule has 1 aliphatic heterocycles. The lowest BCUT2D eigenvalue weighted by Gasteiger charge is -2.32. The molecule has 0 spiro atoms. The van der Waals surface area contributed by atoms with E-state index in [0.29, 0.717) is 0 Å². The predicted octanol–water partition coefficient (Wildman–Crippen LogP) is 1.89. The molecule has 0 amide bonds. The summed E-state index contributed by atoms with van der Waals surface area (Å²) in [6.45, 7) is 8.12. The average Bonchev–Trinajstić information content (AvgIpc) is 2.62. The largest absolute Gasteiger partial charge is 0.490 e. The van der Waals surface area contributed by atoms with Crippen molar-refractivity contribution in [3.8, 4) is 0 Å². The lowest BCUT2D eigenvalue weighted by atomic mass is 9.76. The standard InChI is InChI=1S/C13H19BO4/c1-12(2)13(3,4)18-14(17-12)7-5-8-9(6-7)10(8)11(15)16/h5,8-10H,6H2,1-4H3,(H,15,16)/t8-,9+,10+/m1/s1. The van der Waals surface area contributed by atoms with E-state index in [4.69, 9.17) is 14.4 Å². The Morgan fingerprint density at radius 3 is 2.28 bits per heavy atom. The van der Waals surface area contributed by atoms with Gasteiger partial charge in [-0.3, -0.25) is 4.79 Å². The Bertz CT molecular complexity index is 424.